The number of aliphatic carboxylic acids is 1. The van der Waals surface area contributed by atoms with Crippen molar-refractivity contribution in [3.8, 4) is 11.4 Å². The molecule has 0 saturated heterocycles. The van der Waals surface area contributed by atoms with Gasteiger partial charge in [-0.25, -0.2) is 9.07 Å². The summed E-state index contributed by atoms with van der Waals surface area (Å²) in [5.41, 5.74) is 2.78. The number of nitrogens with zero attached hydrogens (tertiary/aromatic N) is 3. The van der Waals surface area contributed by atoms with E-state index in [2.05, 4.69) is 0 Å². The Kier molecular flexibility index (Phi) is 12.8. The van der Waals surface area contributed by atoms with E-state index >= 15 is 0 Å². The van der Waals surface area contributed by atoms with Crippen LogP contribution in [0.3, 0.4) is 0 Å². The molecular formula is C29H35FN3NaO6. The maximum absolute atomic E-state index is 13.9. The predicted octanol–water partition coefficient (Wildman–Crippen LogP) is -0.00140. The molecule has 2 atom stereocenters. The summed E-state index contributed by atoms with van der Waals surface area (Å²) in [6.45, 7) is 6.11. The van der Waals surface area contributed by atoms with Crippen LogP contribution in [0.4, 0.5) is 10.1 Å². The third kappa shape index (κ3) is 8.37. The first-order valence-electron chi connectivity index (χ1n) is 12.9. The first-order valence-corrected chi connectivity index (χ1v) is 12.9. The molecule has 1 amide bonds. The number of amides is 1. The second-order valence-electron chi connectivity index (χ2n) is 9.66. The first-order chi connectivity index (χ1) is 18.5. The van der Waals surface area contributed by atoms with Crippen molar-refractivity contribution >= 4 is 17.6 Å². The molecule has 3 rings (SSSR count). The summed E-state index contributed by atoms with van der Waals surface area (Å²) in [6, 6.07) is 12.9. The largest absolute Gasteiger partial charge is 1.00 e. The molecule has 3 aromatic rings. The SMILES string of the molecule is CCN(C(=O)c1nn(-c2ccc(F)cc2)c(CC[C@@H](O)C[C@@H](O)CC(=O)[O-])c1C(C)C)c1cccc(OC)c1.[Na+]. The molecule has 0 saturated carbocycles. The number of carboxylic acid groups (broad SMARTS) is 1. The Morgan fingerprint density at radius 2 is 1.80 bits per heavy atom. The standard InChI is InChI=1S/C29H36FN3O6.Na/c1-5-32(21-7-6-8-24(15-21)39-4)29(38)28-27(18(2)3)25(14-13-22(34)16-23(35)17-26(36)37)33(31-28)20-11-9-19(30)10-12-20;/h6-12,15,18,22-23,34-35H,5,13-14,16-17H2,1-4H3,(H,36,37);/q;+1/p-1/t22-,23-;/m1./s1. The van der Waals surface area contributed by atoms with Gasteiger partial charge in [-0.15, -0.1) is 0 Å². The Labute approximate surface area is 255 Å². The second-order valence-corrected chi connectivity index (χ2v) is 9.66. The van der Waals surface area contributed by atoms with Gasteiger partial charge >= 0.3 is 29.6 Å². The molecule has 0 unspecified atom stereocenters. The number of benzene rings is 2. The number of ether oxygens (including phenoxy) is 1. The van der Waals surface area contributed by atoms with Crippen molar-refractivity contribution in [3.05, 3.63) is 71.3 Å². The van der Waals surface area contributed by atoms with E-state index in [-0.39, 0.29) is 66.3 Å². The minimum atomic E-state index is -1.40. The zero-order chi connectivity index (χ0) is 28.7. The molecule has 2 N–H and O–H groups in total. The summed E-state index contributed by atoms with van der Waals surface area (Å²) in [5, 5.41) is 35.9. The quantitative estimate of drug-likeness (QED) is 0.280. The Morgan fingerprint density at radius 1 is 1.12 bits per heavy atom. The van der Waals surface area contributed by atoms with Gasteiger partial charge in [0.25, 0.3) is 5.91 Å². The molecule has 0 aliphatic heterocycles. The molecule has 2 aromatic carbocycles. The van der Waals surface area contributed by atoms with Crippen molar-refractivity contribution in [1.29, 1.82) is 0 Å². The second kappa shape index (κ2) is 15.3. The molecule has 0 bridgehead atoms. The molecule has 0 radical (unpaired) electrons. The monoisotopic (exact) mass is 563 g/mol. The normalized spacial score (nSPS) is 12.5. The number of carbonyl (C=O) groups is 2. The van der Waals surface area contributed by atoms with Crippen molar-refractivity contribution in [1.82, 2.24) is 9.78 Å². The molecule has 1 aromatic heterocycles. The van der Waals surface area contributed by atoms with Crippen LogP contribution in [0.2, 0.25) is 0 Å². The van der Waals surface area contributed by atoms with Crippen LogP contribution in [0, 0.1) is 5.82 Å². The van der Waals surface area contributed by atoms with Crippen molar-refractivity contribution in [2.24, 2.45) is 0 Å². The molecule has 0 spiro atoms. The molecule has 9 nitrogen and oxygen atoms in total. The van der Waals surface area contributed by atoms with Crippen LogP contribution in [-0.2, 0) is 11.2 Å². The number of hydrogen-bond donors (Lipinski definition) is 2. The van der Waals surface area contributed by atoms with Crippen molar-refractivity contribution < 1.29 is 63.6 Å². The third-order valence-electron chi connectivity index (χ3n) is 6.46. The zero-order valence-electron chi connectivity index (χ0n) is 23.6. The zero-order valence-corrected chi connectivity index (χ0v) is 25.6. The average molecular weight is 564 g/mol. The summed E-state index contributed by atoms with van der Waals surface area (Å²) >= 11 is 0. The number of aromatic nitrogens is 2. The van der Waals surface area contributed by atoms with Gasteiger partial charge in [-0.05, 0) is 68.5 Å². The van der Waals surface area contributed by atoms with Crippen molar-refractivity contribution in [2.75, 3.05) is 18.6 Å². The van der Waals surface area contributed by atoms with E-state index in [0.29, 0.717) is 34.9 Å². The van der Waals surface area contributed by atoms with Crippen LogP contribution >= 0.6 is 0 Å². The molecule has 0 aliphatic carbocycles. The fourth-order valence-corrected chi connectivity index (χ4v) is 4.63. The molecule has 0 fully saturated rings. The van der Waals surface area contributed by atoms with Gasteiger partial charge in [0, 0.05) is 41.9 Å². The van der Waals surface area contributed by atoms with E-state index < -0.39 is 30.4 Å². The topological polar surface area (TPSA) is 128 Å². The predicted molar refractivity (Wildman–Crippen MR) is 143 cm³/mol. The van der Waals surface area contributed by atoms with E-state index in [0.717, 1.165) is 0 Å². The number of methoxy groups -OCH3 is 1. The number of rotatable bonds is 13. The van der Waals surface area contributed by atoms with Crippen LogP contribution in [0.1, 0.15) is 67.7 Å². The van der Waals surface area contributed by atoms with Gasteiger partial charge in [0.05, 0.1) is 25.0 Å². The van der Waals surface area contributed by atoms with Crippen LogP contribution in [0.25, 0.3) is 5.69 Å². The summed E-state index contributed by atoms with van der Waals surface area (Å²) in [6.07, 6.45) is -2.50. The third-order valence-corrected chi connectivity index (χ3v) is 6.46. The van der Waals surface area contributed by atoms with Gasteiger partial charge in [-0.1, -0.05) is 19.9 Å². The van der Waals surface area contributed by atoms with Crippen LogP contribution < -0.4 is 44.3 Å². The van der Waals surface area contributed by atoms with E-state index in [1.165, 1.54) is 12.1 Å². The van der Waals surface area contributed by atoms with E-state index in [9.17, 15) is 29.3 Å². The maximum atomic E-state index is 13.9. The van der Waals surface area contributed by atoms with Gasteiger partial charge in [-0.3, -0.25) is 4.79 Å². The summed E-state index contributed by atoms with van der Waals surface area (Å²) < 4.78 is 20.6. The van der Waals surface area contributed by atoms with E-state index in [4.69, 9.17) is 9.84 Å². The van der Waals surface area contributed by atoms with Gasteiger partial charge < -0.3 is 29.8 Å². The summed E-state index contributed by atoms with van der Waals surface area (Å²) in [7, 11) is 1.55. The minimum absolute atomic E-state index is 0. The van der Waals surface area contributed by atoms with Gasteiger partial charge in [-0.2, -0.15) is 5.10 Å². The Hall–Kier alpha value is -2.76. The number of carbonyl (C=O) groups excluding carboxylic acids is 2. The Balaban J connectivity index is 0.00000560. The van der Waals surface area contributed by atoms with Gasteiger partial charge in [0.2, 0.25) is 0 Å². The first kappa shape index (κ1) is 33.4. The van der Waals surface area contributed by atoms with E-state index in [1.54, 1.807) is 47.0 Å². The Morgan fingerprint density at radius 3 is 2.38 bits per heavy atom. The molecule has 0 aliphatic rings. The van der Waals surface area contributed by atoms with Crippen LogP contribution in [0.15, 0.2) is 48.5 Å². The molecule has 210 valence electrons. The number of aliphatic hydroxyl groups excluding tert-OH is 2. The number of anilines is 1. The van der Waals surface area contributed by atoms with Crippen LogP contribution in [0.5, 0.6) is 5.75 Å². The number of aliphatic hydroxyl groups is 2. The molecule has 11 heteroatoms. The summed E-state index contributed by atoms with van der Waals surface area (Å²) in [5.74, 6) is -1.65. The van der Waals surface area contributed by atoms with Crippen LogP contribution in [-0.4, -0.2) is 57.7 Å². The fraction of sp³-hybridized carbons (Fsp3) is 0.414. The molecule has 1 heterocycles. The fourth-order valence-electron chi connectivity index (χ4n) is 4.63. The summed E-state index contributed by atoms with van der Waals surface area (Å²) in [4.78, 5) is 26.3. The van der Waals surface area contributed by atoms with Crippen molar-refractivity contribution in [3.63, 3.8) is 0 Å². The van der Waals surface area contributed by atoms with Crippen molar-refractivity contribution in [2.45, 2.75) is 64.6 Å². The maximum Gasteiger partial charge on any atom is 1.00 e. The number of hydrogen-bond acceptors (Lipinski definition) is 7. The Bertz CT molecular complexity index is 1280. The van der Waals surface area contributed by atoms with Gasteiger partial charge in [0.15, 0.2) is 5.69 Å². The number of carboxylic acids is 1. The average Bonchev–Trinajstić information content (AvgIpc) is 3.27. The molecule has 40 heavy (non-hydrogen) atoms. The van der Waals surface area contributed by atoms with E-state index in [1.807, 2.05) is 26.8 Å². The number of halogens is 1. The van der Waals surface area contributed by atoms with Gasteiger partial charge in [0.1, 0.15) is 11.6 Å². The smallest absolute Gasteiger partial charge is 0.550 e. The minimum Gasteiger partial charge on any atom is -0.550 e. The molecular weight excluding hydrogens is 528 g/mol.